The zero-order valence-corrected chi connectivity index (χ0v) is 15.4. The number of nitrogens with one attached hydrogen (secondary N) is 1. The minimum Gasteiger partial charge on any atom is -0.322 e. The molecule has 3 rings (SSSR count). The maximum Gasteiger partial charge on any atom is 0.255 e. The van der Waals surface area contributed by atoms with E-state index in [1.165, 1.54) is 17.1 Å². The van der Waals surface area contributed by atoms with E-state index in [1.54, 1.807) is 18.2 Å². The van der Waals surface area contributed by atoms with Gasteiger partial charge in [0.25, 0.3) is 5.91 Å². The van der Waals surface area contributed by atoms with Gasteiger partial charge in [0, 0.05) is 42.4 Å². The number of carbonyl (C=O) groups excluding carboxylic acids is 1. The number of benzene rings is 2. The van der Waals surface area contributed by atoms with Gasteiger partial charge in [0.1, 0.15) is 0 Å². The Hall–Kier alpha value is -1.20. The SMILES string of the molecule is O=C(Nc1cccc(CN2CCSCC2)c1)c1ccc(Cl)c(Cl)c1. The highest BCUT2D eigenvalue weighted by atomic mass is 35.5. The minimum atomic E-state index is -0.194. The minimum absolute atomic E-state index is 0.194. The van der Waals surface area contributed by atoms with E-state index in [9.17, 15) is 4.79 Å². The van der Waals surface area contributed by atoms with Gasteiger partial charge in [0.2, 0.25) is 0 Å². The first-order valence-electron chi connectivity index (χ1n) is 7.77. The second-order valence-corrected chi connectivity index (χ2v) is 7.71. The molecule has 0 unspecified atom stereocenters. The third-order valence-corrected chi connectivity index (χ3v) is 5.56. The van der Waals surface area contributed by atoms with Gasteiger partial charge in [-0.2, -0.15) is 11.8 Å². The van der Waals surface area contributed by atoms with Crippen LogP contribution in [-0.4, -0.2) is 35.4 Å². The molecule has 1 aliphatic rings. The first-order valence-corrected chi connectivity index (χ1v) is 9.68. The summed E-state index contributed by atoms with van der Waals surface area (Å²) in [6.45, 7) is 3.14. The van der Waals surface area contributed by atoms with Crippen molar-refractivity contribution in [3.05, 3.63) is 63.6 Å². The molecule has 0 spiro atoms. The molecule has 1 heterocycles. The fourth-order valence-corrected chi connectivity index (χ4v) is 3.88. The van der Waals surface area contributed by atoms with Crippen molar-refractivity contribution in [3.63, 3.8) is 0 Å². The summed E-state index contributed by atoms with van der Waals surface area (Å²) >= 11 is 13.9. The zero-order valence-electron chi connectivity index (χ0n) is 13.1. The van der Waals surface area contributed by atoms with E-state index >= 15 is 0 Å². The molecule has 126 valence electrons. The standard InChI is InChI=1S/C18H18Cl2N2OS/c19-16-5-4-14(11-17(16)20)18(23)21-15-3-1-2-13(10-15)12-22-6-8-24-9-7-22/h1-5,10-11H,6-9,12H2,(H,21,23). The van der Waals surface area contributed by atoms with Crippen molar-refractivity contribution in [2.45, 2.75) is 6.54 Å². The molecule has 0 aliphatic carbocycles. The van der Waals surface area contributed by atoms with Crippen LogP contribution in [0.5, 0.6) is 0 Å². The lowest BCUT2D eigenvalue weighted by atomic mass is 10.1. The monoisotopic (exact) mass is 380 g/mol. The van der Waals surface area contributed by atoms with Crippen LogP contribution in [0, 0.1) is 0 Å². The summed E-state index contributed by atoms with van der Waals surface area (Å²) < 4.78 is 0. The number of thioether (sulfide) groups is 1. The van der Waals surface area contributed by atoms with Crippen LogP contribution in [-0.2, 0) is 6.54 Å². The second-order valence-electron chi connectivity index (χ2n) is 5.67. The van der Waals surface area contributed by atoms with Gasteiger partial charge in [-0.1, -0.05) is 35.3 Å². The van der Waals surface area contributed by atoms with Crippen LogP contribution in [0.1, 0.15) is 15.9 Å². The fourth-order valence-electron chi connectivity index (χ4n) is 2.61. The van der Waals surface area contributed by atoms with Gasteiger partial charge in [0.15, 0.2) is 0 Å². The Balaban J connectivity index is 1.67. The lowest BCUT2D eigenvalue weighted by Crippen LogP contribution is -2.31. The smallest absolute Gasteiger partial charge is 0.255 e. The molecule has 3 nitrogen and oxygen atoms in total. The Labute approximate surface area is 156 Å². The van der Waals surface area contributed by atoms with E-state index in [2.05, 4.69) is 16.3 Å². The maximum absolute atomic E-state index is 12.4. The van der Waals surface area contributed by atoms with Crippen molar-refractivity contribution < 1.29 is 4.79 Å². The van der Waals surface area contributed by atoms with Crippen molar-refractivity contribution in [3.8, 4) is 0 Å². The van der Waals surface area contributed by atoms with E-state index in [1.807, 2.05) is 30.0 Å². The predicted molar refractivity (Wildman–Crippen MR) is 103 cm³/mol. The summed E-state index contributed by atoms with van der Waals surface area (Å²) in [6, 6.07) is 12.9. The van der Waals surface area contributed by atoms with E-state index in [0.29, 0.717) is 15.6 Å². The first kappa shape index (κ1) is 17.6. The molecular weight excluding hydrogens is 363 g/mol. The molecule has 1 amide bonds. The van der Waals surface area contributed by atoms with Crippen molar-refractivity contribution in [1.29, 1.82) is 0 Å². The molecule has 2 aromatic rings. The molecule has 1 saturated heterocycles. The van der Waals surface area contributed by atoms with Gasteiger partial charge in [-0.05, 0) is 35.9 Å². The van der Waals surface area contributed by atoms with Crippen LogP contribution in [0.15, 0.2) is 42.5 Å². The third-order valence-electron chi connectivity index (χ3n) is 3.88. The Morgan fingerprint density at radius 3 is 2.62 bits per heavy atom. The van der Waals surface area contributed by atoms with E-state index in [4.69, 9.17) is 23.2 Å². The van der Waals surface area contributed by atoms with Crippen molar-refractivity contribution in [2.24, 2.45) is 0 Å². The number of hydrogen-bond donors (Lipinski definition) is 1. The number of nitrogens with zero attached hydrogens (tertiary/aromatic N) is 1. The number of halogens is 2. The summed E-state index contributed by atoms with van der Waals surface area (Å²) in [6.07, 6.45) is 0. The zero-order chi connectivity index (χ0) is 16.9. The summed E-state index contributed by atoms with van der Waals surface area (Å²) in [4.78, 5) is 14.8. The van der Waals surface area contributed by atoms with E-state index < -0.39 is 0 Å². The number of carbonyl (C=O) groups is 1. The third kappa shape index (κ3) is 4.67. The van der Waals surface area contributed by atoms with Crippen LogP contribution in [0.2, 0.25) is 10.0 Å². The van der Waals surface area contributed by atoms with Crippen LogP contribution in [0.4, 0.5) is 5.69 Å². The summed E-state index contributed by atoms with van der Waals surface area (Å²) in [5, 5.41) is 3.73. The molecule has 24 heavy (non-hydrogen) atoms. The first-order chi connectivity index (χ1) is 11.6. The van der Waals surface area contributed by atoms with E-state index in [0.717, 1.165) is 25.3 Å². The predicted octanol–water partition coefficient (Wildman–Crippen LogP) is 4.79. The molecule has 0 atom stereocenters. The van der Waals surface area contributed by atoms with Crippen LogP contribution >= 0.6 is 35.0 Å². The average Bonchev–Trinajstić information content (AvgIpc) is 2.58. The van der Waals surface area contributed by atoms with Crippen molar-refractivity contribution in [1.82, 2.24) is 4.90 Å². The average molecular weight is 381 g/mol. The molecule has 0 saturated carbocycles. The number of anilines is 1. The van der Waals surface area contributed by atoms with Crippen LogP contribution < -0.4 is 5.32 Å². The van der Waals surface area contributed by atoms with Crippen LogP contribution in [0.25, 0.3) is 0 Å². The topological polar surface area (TPSA) is 32.3 Å². The molecule has 0 bridgehead atoms. The fraction of sp³-hybridized carbons (Fsp3) is 0.278. The van der Waals surface area contributed by atoms with Gasteiger partial charge >= 0.3 is 0 Å². The highest BCUT2D eigenvalue weighted by Gasteiger charge is 2.12. The quantitative estimate of drug-likeness (QED) is 0.826. The molecule has 2 aromatic carbocycles. The highest BCUT2D eigenvalue weighted by molar-refractivity contribution is 7.99. The molecule has 0 radical (unpaired) electrons. The Bertz CT molecular complexity index is 733. The summed E-state index contributed by atoms with van der Waals surface area (Å²) in [5.41, 5.74) is 2.48. The number of amides is 1. The maximum atomic E-state index is 12.4. The Morgan fingerprint density at radius 1 is 1.08 bits per heavy atom. The molecule has 1 fully saturated rings. The largest absolute Gasteiger partial charge is 0.322 e. The van der Waals surface area contributed by atoms with Gasteiger partial charge in [-0.3, -0.25) is 9.69 Å². The molecular formula is C18H18Cl2N2OS. The summed E-state index contributed by atoms with van der Waals surface area (Å²) in [7, 11) is 0. The van der Waals surface area contributed by atoms with Gasteiger partial charge in [0.05, 0.1) is 10.0 Å². The lowest BCUT2D eigenvalue weighted by Gasteiger charge is -2.26. The van der Waals surface area contributed by atoms with Gasteiger partial charge in [-0.25, -0.2) is 0 Å². The number of hydrogen-bond acceptors (Lipinski definition) is 3. The normalized spacial score (nSPS) is 15.2. The molecule has 1 N–H and O–H groups in total. The van der Waals surface area contributed by atoms with Crippen molar-refractivity contribution in [2.75, 3.05) is 29.9 Å². The molecule has 6 heteroatoms. The summed E-state index contributed by atoms with van der Waals surface area (Å²) in [5.74, 6) is 2.18. The Kier molecular flexibility index (Phi) is 6.06. The van der Waals surface area contributed by atoms with Crippen LogP contribution in [0.3, 0.4) is 0 Å². The van der Waals surface area contributed by atoms with E-state index in [-0.39, 0.29) is 5.91 Å². The van der Waals surface area contributed by atoms with Gasteiger partial charge in [-0.15, -0.1) is 0 Å². The highest BCUT2D eigenvalue weighted by Crippen LogP contribution is 2.23. The number of rotatable bonds is 4. The Morgan fingerprint density at radius 2 is 1.88 bits per heavy atom. The lowest BCUT2D eigenvalue weighted by molar-refractivity contribution is 0.102. The molecule has 1 aliphatic heterocycles. The molecule has 0 aromatic heterocycles. The van der Waals surface area contributed by atoms with Gasteiger partial charge < -0.3 is 5.32 Å². The second kappa shape index (κ2) is 8.26. The van der Waals surface area contributed by atoms with Crippen molar-refractivity contribution >= 4 is 46.6 Å².